The molecule has 0 amide bonds. The van der Waals surface area contributed by atoms with Crippen LogP contribution in [0.5, 0.6) is 0 Å². The first kappa shape index (κ1) is 15.3. The third-order valence-electron chi connectivity index (χ3n) is 5.27. The van der Waals surface area contributed by atoms with Gasteiger partial charge in [0, 0.05) is 0 Å². The fourth-order valence-electron chi connectivity index (χ4n) is 3.81. The summed E-state index contributed by atoms with van der Waals surface area (Å²) in [5.74, 6) is 1.48. The van der Waals surface area contributed by atoms with Gasteiger partial charge in [0.2, 0.25) is 0 Å². The van der Waals surface area contributed by atoms with E-state index >= 15 is 0 Å². The van der Waals surface area contributed by atoms with Crippen molar-refractivity contribution in [3.63, 3.8) is 0 Å². The lowest BCUT2D eigenvalue weighted by Crippen LogP contribution is -1.93. The van der Waals surface area contributed by atoms with Crippen molar-refractivity contribution in [3.05, 3.63) is 59.7 Å². The quantitative estimate of drug-likeness (QED) is 0.561. The Morgan fingerprint density at radius 3 is 1.95 bits per heavy atom. The maximum Gasteiger partial charge on any atom is -0.0162 e. The topological polar surface area (TPSA) is 0 Å². The number of benzene rings is 2. The second kappa shape index (κ2) is 7.13. The summed E-state index contributed by atoms with van der Waals surface area (Å²) in [6.07, 6.45) is 8.10. The molecule has 0 saturated heterocycles. The average Bonchev–Trinajstić information content (AvgIpc) is 3.10. The summed E-state index contributed by atoms with van der Waals surface area (Å²) in [6.45, 7) is 4.59. The molecule has 1 aliphatic rings. The summed E-state index contributed by atoms with van der Waals surface area (Å²) in [5, 5.41) is 0. The van der Waals surface area contributed by atoms with Crippen LogP contribution in [0.2, 0.25) is 0 Å². The highest BCUT2D eigenvalue weighted by Crippen LogP contribution is 2.35. The number of hydrogen-bond acceptors (Lipinski definition) is 0. The van der Waals surface area contributed by atoms with E-state index in [4.69, 9.17) is 0 Å². The third kappa shape index (κ3) is 3.43. The molecule has 1 fully saturated rings. The number of hydrogen-bond donors (Lipinski definition) is 0. The Labute approximate surface area is 135 Å². The monoisotopic (exact) mass is 292 g/mol. The summed E-state index contributed by atoms with van der Waals surface area (Å²) >= 11 is 0. The van der Waals surface area contributed by atoms with Gasteiger partial charge in [-0.1, -0.05) is 81.6 Å². The Hall–Kier alpha value is -1.56. The van der Waals surface area contributed by atoms with Crippen LogP contribution in [0.4, 0.5) is 0 Å². The molecule has 22 heavy (non-hydrogen) atoms. The van der Waals surface area contributed by atoms with Crippen LogP contribution in [0.1, 0.15) is 75.3 Å². The van der Waals surface area contributed by atoms with Crippen molar-refractivity contribution in [3.8, 4) is 11.1 Å². The van der Waals surface area contributed by atoms with E-state index in [9.17, 15) is 0 Å². The molecule has 1 atom stereocenters. The zero-order valence-corrected chi connectivity index (χ0v) is 14.0. The van der Waals surface area contributed by atoms with E-state index in [1.54, 1.807) is 0 Å². The van der Waals surface area contributed by atoms with Gasteiger partial charge in [0.15, 0.2) is 0 Å². The van der Waals surface area contributed by atoms with Crippen molar-refractivity contribution in [1.82, 2.24) is 0 Å². The normalized spacial score (nSPS) is 16.8. The highest BCUT2D eigenvalue weighted by molar-refractivity contribution is 5.64. The van der Waals surface area contributed by atoms with Gasteiger partial charge >= 0.3 is 0 Å². The highest BCUT2D eigenvalue weighted by Gasteiger charge is 2.16. The predicted octanol–water partition coefficient (Wildman–Crippen LogP) is 6.91. The van der Waals surface area contributed by atoms with E-state index in [2.05, 4.69) is 62.4 Å². The first-order valence-corrected chi connectivity index (χ1v) is 8.98. The number of rotatable bonds is 5. The molecule has 0 nitrogen and oxygen atoms in total. The highest BCUT2D eigenvalue weighted by atomic mass is 14.2. The Morgan fingerprint density at radius 1 is 0.864 bits per heavy atom. The molecule has 0 heterocycles. The van der Waals surface area contributed by atoms with Crippen molar-refractivity contribution in [2.45, 2.75) is 64.2 Å². The van der Waals surface area contributed by atoms with Gasteiger partial charge in [-0.15, -0.1) is 0 Å². The lowest BCUT2D eigenvalue weighted by molar-refractivity contribution is 0.665. The summed E-state index contributed by atoms with van der Waals surface area (Å²) in [7, 11) is 0. The van der Waals surface area contributed by atoms with Gasteiger partial charge in [0.05, 0.1) is 0 Å². The van der Waals surface area contributed by atoms with Crippen LogP contribution in [0.15, 0.2) is 48.5 Å². The van der Waals surface area contributed by atoms with E-state index in [-0.39, 0.29) is 0 Å². The van der Waals surface area contributed by atoms with E-state index < -0.39 is 0 Å². The average molecular weight is 292 g/mol. The van der Waals surface area contributed by atoms with E-state index in [0.717, 1.165) is 5.92 Å². The van der Waals surface area contributed by atoms with Crippen LogP contribution in [-0.4, -0.2) is 0 Å². The van der Waals surface area contributed by atoms with E-state index in [1.165, 1.54) is 60.8 Å². The summed E-state index contributed by atoms with van der Waals surface area (Å²) in [6, 6.07) is 18.5. The minimum atomic E-state index is 0.670. The van der Waals surface area contributed by atoms with Gasteiger partial charge in [-0.05, 0) is 53.4 Å². The van der Waals surface area contributed by atoms with Crippen LogP contribution in [0.25, 0.3) is 11.1 Å². The van der Waals surface area contributed by atoms with Gasteiger partial charge in [0.1, 0.15) is 0 Å². The molecule has 1 aliphatic carbocycles. The van der Waals surface area contributed by atoms with Crippen LogP contribution in [-0.2, 0) is 0 Å². The summed E-state index contributed by atoms with van der Waals surface area (Å²) in [4.78, 5) is 0. The third-order valence-corrected chi connectivity index (χ3v) is 5.27. The van der Waals surface area contributed by atoms with Crippen molar-refractivity contribution in [2.24, 2.45) is 0 Å². The fourth-order valence-corrected chi connectivity index (χ4v) is 3.81. The molecule has 0 heteroatoms. The second-order valence-electron chi connectivity index (χ2n) is 6.92. The molecule has 1 unspecified atom stereocenters. The molecule has 116 valence electrons. The molecule has 3 rings (SSSR count). The van der Waals surface area contributed by atoms with Crippen molar-refractivity contribution < 1.29 is 0 Å². The minimum absolute atomic E-state index is 0.670. The first-order valence-electron chi connectivity index (χ1n) is 8.98. The summed E-state index contributed by atoms with van der Waals surface area (Å²) in [5.41, 5.74) is 5.68. The smallest absolute Gasteiger partial charge is 0.0162 e. The van der Waals surface area contributed by atoms with Crippen LogP contribution < -0.4 is 0 Å². The Balaban J connectivity index is 1.73. The Bertz CT molecular complexity index is 570. The molecular formula is C22H28. The standard InChI is InChI=1S/C22H28/c1-3-6-17(2)18-9-11-21(12-10-18)22-15-13-20(14-16-22)19-7-4-5-8-19/h9-17,19H,3-8H2,1-2H3. The molecule has 0 N–H and O–H groups in total. The van der Waals surface area contributed by atoms with Gasteiger partial charge in [-0.3, -0.25) is 0 Å². The predicted molar refractivity (Wildman–Crippen MR) is 96.4 cm³/mol. The summed E-state index contributed by atoms with van der Waals surface area (Å²) < 4.78 is 0. The molecule has 2 aromatic carbocycles. The van der Waals surface area contributed by atoms with Crippen molar-refractivity contribution in [1.29, 1.82) is 0 Å². The van der Waals surface area contributed by atoms with E-state index in [0.29, 0.717) is 5.92 Å². The molecular weight excluding hydrogens is 264 g/mol. The molecule has 0 spiro atoms. The molecule has 1 saturated carbocycles. The first-order chi connectivity index (χ1) is 10.8. The molecule has 2 aromatic rings. The zero-order chi connectivity index (χ0) is 15.4. The molecule has 0 aliphatic heterocycles. The Morgan fingerprint density at radius 2 is 1.41 bits per heavy atom. The molecule has 0 radical (unpaired) electrons. The van der Waals surface area contributed by atoms with Crippen LogP contribution in [0.3, 0.4) is 0 Å². The van der Waals surface area contributed by atoms with Crippen LogP contribution in [0, 0.1) is 0 Å². The van der Waals surface area contributed by atoms with Crippen molar-refractivity contribution in [2.75, 3.05) is 0 Å². The van der Waals surface area contributed by atoms with Gasteiger partial charge in [-0.25, -0.2) is 0 Å². The molecule has 0 aromatic heterocycles. The lowest BCUT2D eigenvalue weighted by Gasteiger charge is -2.12. The largest absolute Gasteiger partial charge is 0.0654 e. The second-order valence-corrected chi connectivity index (χ2v) is 6.92. The molecule has 0 bridgehead atoms. The zero-order valence-electron chi connectivity index (χ0n) is 14.0. The Kier molecular flexibility index (Phi) is 4.97. The van der Waals surface area contributed by atoms with Gasteiger partial charge in [-0.2, -0.15) is 0 Å². The lowest BCUT2D eigenvalue weighted by atomic mass is 9.93. The fraction of sp³-hybridized carbons (Fsp3) is 0.455. The van der Waals surface area contributed by atoms with Gasteiger partial charge in [0.25, 0.3) is 0 Å². The maximum atomic E-state index is 2.35. The van der Waals surface area contributed by atoms with Crippen LogP contribution >= 0.6 is 0 Å². The minimum Gasteiger partial charge on any atom is -0.0654 e. The SMILES string of the molecule is CCCC(C)c1ccc(-c2ccc(C3CCCC3)cc2)cc1. The van der Waals surface area contributed by atoms with Crippen molar-refractivity contribution >= 4 is 0 Å². The van der Waals surface area contributed by atoms with Gasteiger partial charge < -0.3 is 0 Å². The maximum absolute atomic E-state index is 2.35. The van der Waals surface area contributed by atoms with E-state index in [1.807, 2.05) is 0 Å².